The number of sulfonamides is 1. The van der Waals surface area contributed by atoms with Crippen LogP contribution in [0.15, 0.2) is 29.6 Å². The van der Waals surface area contributed by atoms with Crippen LogP contribution in [0.4, 0.5) is 0 Å². The van der Waals surface area contributed by atoms with E-state index in [1.807, 2.05) is 0 Å². The van der Waals surface area contributed by atoms with Crippen LogP contribution in [-0.4, -0.2) is 39.5 Å². The van der Waals surface area contributed by atoms with Crippen LogP contribution in [0.1, 0.15) is 5.82 Å². The first kappa shape index (κ1) is 13.9. The van der Waals surface area contributed by atoms with E-state index in [9.17, 15) is 8.42 Å². The summed E-state index contributed by atoms with van der Waals surface area (Å²) in [5.74, 6) is 0.549. The lowest BCUT2D eigenvalue weighted by Crippen LogP contribution is -2.28. The first-order chi connectivity index (χ1) is 8.91. The third kappa shape index (κ3) is 2.91. The number of hydrogen-bond acceptors (Lipinski definition) is 5. The van der Waals surface area contributed by atoms with Crippen LogP contribution in [0.2, 0.25) is 5.15 Å². The van der Waals surface area contributed by atoms with E-state index in [1.54, 1.807) is 7.05 Å². The topological polar surface area (TPSA) is 81.0 Å². The molecule has 19 heavy (non-hydrogen) atoms. The molecule has 0 saturated heterocycles. The molecule has 0 aliphatic rings. The summed E-state index contributed by atoms with van der Waals surface area (Å²) in [6.45, 7) is 0.126. The Kier molecular flexibility index (Phi) is 3.83. The van der Waals surface area contributed by atoms with Gasteiger partial charge in [0.1, 0.15) is 22.2 Å². The maximum atomic E-state index is 12.3. The van der Waals surface area contributed by atoms with Gasteiger partial charge in [-0.05, 0) is 12.1 Å². The van der Waals surface area contributed by atoms with Crippen molar-refractivity contribution in [1.29, 1.82) is 0 Å². The van der Waals surface area contributed by atoms with Gasteiger partial charge in [-0.1, -0.05) is 11.6 Å². The Morgan fingerprint density at radius 3 is 2.63 bits per heavy atom. The second-order valence-electron chi connectivity index (χ2n) is 3.88. The van der Waals surface area contributed by atoms with E-state index in [0.717, 1.165) is 0 Å². The van der Waals surface area contributed by atoms with Crippen LogP contribution < -0.4 is 0 Å². The zero-order chi connectivity index (χ0) is 14.0. The Morgan fingerprint density at radius 2 is 2.11 bits per heavy atom. The Morgan fingerprint density at radius 1 is 1.37 bits per heavy atom. The van der Waals surface area contributed by atoms with Crippen molar-refractivity contribution in [2.24, 2.45) is 7.05 Å². The molecular formula is C10H12ClN5O2S. The highest BCUT2D eigenvalue weighted by molar-refractivity contribution is 7.89. The van der Waals surface area contributed by atoms with Gasteiger partial charge in [0.05, 0.1) is 6.54 Å². The first-order valence-electron chi connectivity index (χ1n) is 5.32. The highest BCUT2D eigenvalue weighted by Crippen LogP contribution is 2.16. The molecule has 0 unspecified atom stereocenters. The molecule has 9 heteroatoms. The average Bonchev–Trinajstić information content (AvgIpc) is 2.75. The van der Waals surface area contributed by atoms with Gasteiger partial charge in [-0.3, -0.25) is 4.68 Å². The minimum Gasteiger partial charge on any atom is -0.252 e. The number of hydrogen-bond donors (Lipinski definition) is 0. The van der Waals surface area contributed by atoms with Gasteiger partial charge in [-0.25, -0.2) is 18.4 Å². The van der Waals surface area contributed by atoms with Crippen molar-refractivity contribution in [2.45, 2.75) is 11.4 Å². The quantitative estimate of drug-likeness (QED) is 0.776. The molecule has 2 rings (SSSR count). The van der Waals surface area contributed by atoms with Crippen LogP contribution >= 0.6 is 11.6 Å². The molecule has 0 aliphatic carbocycles. The summed E-state index contributed by atoms with van der Waals surface area (Å²) in [6.07, 6.45) is 2.60. The summed E-state index contributed by atoms with van der Waals surface area (Å²) in [6, 6.07) is 2.85. The van der Waals surface area contributed by atoms with E-state index < -0.39 is 10.0 Å². The van der Waals surface area contributed by atoms with E-state index in [1.165, 1.54) is 40.7 Å². The van der Waals surface area contributed by atoms with Crippen molar-refractivity contribution < 1.29 is 8.42 Å². The number of pyridine rings is 1. The number of rotatable bonds is 4. The first-order valence-corrected chi connectivity index (χ1v) is 7.14. The largest absolute Gasteiger partial charge is 0.252 e. The molecule has 0 N–H and O–H groups in total. The second kappa shape index (κ2) is 5.24. The molecule has 0 atom stereocenters. The minimum atomic E-state index is -3.62. The summed E-state index contributed by atoms with van der Waals surface area (Å²) < 4.78 is 27.2. The van der Waals surface area contributed by atoms with Gasteiger partial charge >= 0.3 is 0 Å². The van der Waals surface area contributed by atoms with Gasteiger partial charge in [-0.15, -0.1) is 0 Å². The molecule has 0 aromatic carbocycles. The van der Waals surface area contributed by atoms with Gasteiger partial charge < -0.3 is 0 Å². The zero-order valence-electron chi connectivity index (χ0n) is 10.4. The Labute approximate surface area is 115 Å². The van der Waals surface area contributed by atoms with Crippen LogP contribution in [0.3, 0.4) is 0 Å². The van der Waals surface area contributed by atoms with Crippen LogP contribution in [-0.2, 0) is 23.6 Å². The molecule has 2 aromatic heterocycles. The SMILES string of the molecule is CN(Cc1ncnn1C)S(=O)(=O)c1ccc(Cl)nc1. The zero-order valence-corrected chi connectivity index (χ0v) is 11.9. The maximum Gasteiger partial charge on any atom is 0.244 e. The van der Waals surface area contributed by atoms with E-state index in [4.69, 9.17) is 11.6 Å². The molecule has 0 fully saturated rings. The Bertz CT molecular complexity index is 667. The second-order valence-corrected chi connectivity index (χ2v) is 6.31. The third-order valence-corrected chi connectivity index (χ3v) is 4.59. The van der Waals surface area contributed by atoms with Gasteiger partial charge in [0.2, 0.25) is 10.0 Å². The lowest BCUT2D eigenvalue weighted by molar-refractivity contribution is 0.447. The van der Waals surface area contributed by atoms with Crippen LogP contribution in [0.25, 0.3) is 0 Å². The fourth-order valence-electron chi connectivity index (χ4n) is 1.44. The van der Waals surface area contributed by atoms with Crippen LogP contribution in [0.5, 0.6) is 0 Å². The van der Waals surface area contributed by atoms with E-state index in [-0.39, 0.29) is 16.6 Å². The molecule has 2 aromatic rings. The standard InChI is InChI=1S/C10H12ClN5O2S/c1-15(6-10-13-7-14-16(10)2)19(17,18)8-3-4-9(11)12-5-8/h3-5,7H,6H2,1-2H3. The van der Waals surface area contributed by atoms with Crippen molar-refractivity contribution in [3.63, 3.8) is 0 Å². The van der Waals surface area contributed by atoms with Crippen molar-refractivity contribution in [3.8, 4) is 0 Å². The molecule has 0 spiro atoms. The highest BCUT2D eigenvalue weighted by Gasteiger charge is 2.22. The molecule has 0 saturated carbocycles. The van der Waals surface area contributed by atoms with E-state index >= 15 is 0 Å². The van der Waals surface area contributed by atoms with Crippen molar-refractivity contribution in [3.05, 3.63) is 35.6 Å². The van der Waals surface area contributed by atoms with Crippen LogP contribution in [0, 0.1) is 0 Å². The van der Waals surface area contributed by atoms with E-state index in [2.05, 4.69) is 15.1 Å². The highest BCUT2D eigenvalue weighted by atomic mass is 35.5. The minimum absolute atomic E-state index is 0.0848. The van der Waals surface area contributed by atoms with Crippen molar-refractivity contribution >= 4 is 21.6 Å². The fraction of sp³-hybridized carbons (Fsp3) is 0.300. The van der Waals surface area contributed by atoms with Gasteiger partial charge in [0.25, 0.3) is 0 Å². The van der Waals surface area contributed by atoms with Crippen molar-refractivity contribution in [1.82, 2.24) is 24.1 Å². The Balaban J connectivity index is 2.24. The molecule has 0 aliphatic heterocycles. The number of aryl methyl sites for hydroxylation is 1. The smallest absolute Gasteiger partial charge is 0.244 e. The van der Waals surface area contributed by atoms with Crippen molar-refractivity contribution in [2.75, 3.05) is 7.05 Å². The molecule has 0 amide bonds. The van der Waals surface area contributed by atoms with Gasteiger partial charge in [0.15, 0.2) is 0 Å². The molecule has 7 nitrogen and oxygen atoms in total. The normalized spacial score (nSPS) is 12.0. The summed E-state index contributed by atoms with van der Waals surface area (Å²) in [7, 11) is -0.446. The summed E-state index contributed by atoms with van der Waals surface area (Å²) in [5.41, 5.74) is 0. The summed E-state index contributed by atoms with van der Waals surface area (Å²) in [4.78, 5) is 7.84. The summed E-state index contributed by atoms with van der Waals surface area (Å²) in [5, 5.41) is 4.14. The molecule has 0 radical (unpaired) electrons. The predicted octanol–water partition coefficient (Wildman–Crippen LogP) is 0.684. The number of halogens is 1. The lowest BCUT2D eigenvalue weighted by Gasteiger charge is -2.16. The fourth-order valence-corrected chi connectivity index (χ4v) is 2.63. The maximum absolute atomic E-state index is 12.3. The predicted molar refractivity (Wildman–Crippen MR) is 68.9 cm³/mol. The Hall–Kier alpha value is -1.51. The lowest BCUT2D eigenvalue weighted by atomic mass is 10.5. The van der Waals surface area contributed by atoms with E-state index in [0.29, 0.717) is 5.82 Å². The molecule has 0 bridgehead atoms. The molecule has 102 valence electrons. The summed E-state index contributed by atoms with van der Waals surface area (Å²) >= 11 is 5.64. The monoisotopic (exact) mass is 301 g/mol. The van der Waals surface area contributed by atoms with Gasteiger partial charge in [0, 0.05) is 20.3 Å². The third-order valence-electron chi connectivity index (χ3n) is 2.58. The molecular weight excluding hydrogens is 290 g/mol. The molecule has 2 heterocycles. The van der Waals surface area contributed by atoms with Gasteiger partial charge in [-0.2, -0.15) is 9.40 Å². The number of nitrogens with zero attached hydrogens (tertiary/aromatic N) is 5. The number of aromatic nitrogens is 4. The average molecular weight is 302 g/mol.